The van der Waals surface area contributed by atoms with E-state index < -0.39 is 0 Å². The molecule has 0 saturated carbocycles. The molecule has 0 atom stereocenters. The lowest BCUT2D eigenvalue weighted by Crippen LogP contribution is -2.26. The van der Waals surface area contributed by atoms with Gasteiger partial charge in [-0.25, -0.2) is 0 Å². The molecule has 0 N–H and O–H groups in total. The van der Waals surface area contributed by atoms with Gasteiger partial charge in [0.05, 0.1) is 12.8 Å². The Morgan fingerprint density at radius 2 is 0.915 bits per heavy atom. The third kappa shape index (κ3) is 5.59. The van der Waals surface area contributed by atoms with Gasteiger partial charge in [-0.05, 0) is 41.8 Å². The summed E-state index contributed by atoms with van der Waals surface area (Å²) in [4.78, 5) is 5.10. The Bertz CT molecular complexity index is 1910. The maximum absolute atomic E-state index is 2.55. The number of anilines is 2. The minimum Gasteiger partial charge on any atom is -0.344 e. The minimum atomic E-state index is 0.978. The zero-order chi connectivity index (χ0) is 31.7. The van der Waals surface area contributed by atoms with Crippen LogP contribution in [-0.2, 0) is 25.7 Å². The lowest BCUT2D eigenvalue weighted by atomic mass is 10.1. The van der Waals surface area contributed by atoms with Gasteiger partial charge in [-0.15, -0.1) is 0 Å². The smallest absolute Gasteiger partial charge is 0.208 e. The molecule has 0 bridgehead atoms. The van der Waals surface area contributed by atoms with Gasteiger partial charge in [0.25, 0.3) is 0 Å². The van der Waals surface area contributed by atoms with Crippen LogP contribution in [0.25, 0.3) is 0 Å². The Kier molecular flexibility index (Phi) is 7.78. The number of fused-ring (bicyclic) bond motifs is 4. The number of hydrogen-bond acceptors (Lipinski definition) is 2. The minimum absolute atomic E-state index is 0.978. The highest BCUT2D eigenvalue weighted by molar-refractivity contribution is 5.97. The van der Waals surface area contributed by atoms with Crippen molar-refractivity contribution in [3.63, 3.8) is 0 Å². The molecule has 4 heteroatoms. The molecule has 4 aromatic rings. The van der Waals surface area contributed by atoms with Crippen molar-refractivity contribution >= 4 is 34.2 Å². The topological polar surface area (TPSA) is 12.5 Å². The number of para-hydroxylation sites is 4. The van der Waals surface area contributed by atoms with Crippen LogP contribution in [0, 0.1) is 0 Å². The quantitative estimate of drug-likeness (QED) is 0.185. The van der Waals surface area contributed by atoms with Crippen LogP contribution in [0.4, 0.5) is 22.7 Å². The normalized spacial score (nSPS) is 18.4. The Labute approximate surface area is 278 Å². The van der Waals surface area contributed by atoms with Crippen LogP contribution < -0.4 is 9.80 Å². The van der Waals surface area contributed by atoms with Crippen LogP contribution in [0.5, 0.6) is 0 Å². The van der Waals surface area contributed by atoms with E-state index in [1.54, 1.807) is 0 Å². The average Bonchev–Trinajstić information content (AvgIpc) is 3.83. The van der Waals surface area contributed by atoms with Crippen LogP contribution in [0.15, 0.2) is 145 Å². The van der Waals surface area contributed by atoms with Crippen molar-refractivity contribution in [1.29, 1.82) is 0 Å². The predicted molar refractivity (Wildman–Crippen MR) is 196 cm³/mol. The van der Waals surface area contributed by atoms with E-state index in [4.69, 9.17) is 0 Å². The zero-order valence-electron chi connectivity index (χ0n) is 27.4. The fraction of sp³-hybridized carbons (Fsp3) is 0.209. The Hall–Kier alpha value is -5.22. The largest absolute Gasteiger partial charge is 0.344 e. The molecule has 0 spiro atoms. The maximum Gasteiger partial charge on any atom is 0.208 e. The molecule has 0 aliphatic carbocycles. The molecule has 4 aliphatic heterocycles. The zero-order valence-corrected chi connectivity index (χ0v) is 27.4. The van der Waals surface area contributed by atoms with Crippen LogP contribution in [-0.4, -0.2) is 47.8 Å². The summed E-state index contributed by atoms with van der Waals surface area (Å²) < 4.78 is 4.65. The number of rotatable bonds is 8. The first-order valence-corrected chi connectivity index (χ1v) is 16.9. The average molecular weight is 615 g/mol. The van der Waals surface area contributed by atoms with E-state index in [0.29, 0.717) is 0 Å². The molecule has 4 nitrogen and oxygen atoms in total. The summed E-state index contributed by atoms with van der Waals surface area (Å²) in [5.41, 5.74) is 16.4. The highest BCUT2D eigenvalue weighted by Crippen LogP contribution is 2.37. The first-order valence-electron chi connectivity index (χ1n) is 16.9. The first kappa shape index (κ1) is 29.2. The van der Waals surface area contributed by atoms with Gasteiger partial charge >= 0.3 is 0 Å². The molecule has 0 radical (unpaired) electrons. The molecule has 0 fully saturated rings. The number of nitrogens with zero attached hydrogens (tertiary/aromatic N) is 4. The van der Waals surface area contributed by atoms with Crippen LogP contribution in [0.2, 0.25) is 0 Å². The van der Waals surface area contributed by atoms with Crippen LogP contribution in [0.3, 0.4) is 0 Å². The molecular weight excluding hydrogens is 573 g/mol. The van der Waals surface area contributed by atoms with Gasteiger partial charge < -0.3 is 9.80 Å². The summed E-state index contributed by atoms with van der Waals surface area (Å²) in [5.74, 6) is 0. The monoisotopic (exact) mass is 614 g/mol. The molecule has 0 aromatic heterocycles. The highest BCUT2D eigenvalue weighted by Gasteiger charge is 2.28. The number of benzene rings is 4. The fourth-order valence-electron chi connectivity index (χ4n) is 7.74. The van der Waals surface area contributed by atoms with Crippen molar-refractivity contribution in [3.05, 3.63) is 167 Å². The molecule has 0 saturated heterocycles. The van der Waals surface area contributed by atoms with E-state index in [2.05, 4.69) is 167 Å². The second-order valence-electron chi connectivity index (χ2n) is 13.0. The van der Waals surface area contributed by atoms with Gasteiger partial charge in [-0.3, -0.25) is 0 Å². The van der Waals surface area contributed by atoms with E-state index in [1.807, 2.05) is 0 Å². The molecule has 0 amide bonds. The SMILES string of the molecule is C[N+]1=C(C=CC=C2Cc3ccccc3N2CCCN2C(=CC=CC3=[N+](C)c4ccccc4C3)Cc3ccccc32)Cc2ccccc21. The fourth-order valence-corrected chi connectivity index (χ4v) is 7.74. The summed E-state index contributed by atoms with van der Waals surface area (Å²) in [6.07, 6.45) is 18.8. The van der Waals surface area contributed by atoms with E-state index in [-0.39, 0.29) is 0 Å². The van der Waals surface area contributed by atoms with Crippen molar-refractivity contribution < 1.29 is 9.15 Å². The number of hydrogen-bond donors (Lipinski definition) is 0. The summed E-state index contributed by atoms with van der Waals surface area (Å²) in [6, 6.07) is 35.3. The summed E-state index contributed by atoms with van der Waals surface area (Å²) >= 11 is 0. The second-order valence-corrected chi connectivity index (χ2v) is 13.0. The lowest BCUT2D eigenvalue weighted by Gasteiger charge is -2.25. The van der Waals surface area contributed by atoms with Crippen molar-refractivity contribution in [2.45, 2.75) is 32.1 Å². The Morgan fingerprint density at radius 3 is 1.36 bits per heavy atom. The van der Waals surface area contributed by atoms with Crippen LogP contribution >= 0.6 is 0 Å². The van der Waals surface area contributed by atoms with Gasteiger partial charge in [0.2, 0.25) is 11.4 Å². The number of allylic oxidation sites excluding steroid dienone is 8. The molecule has 0 unspecified atom stereocenters. The summed E-state index contributed by atoms with van der Waals surface area (Å²) in [7, 11) is 4.35. The second kappa shape index (κ2) is 12.5. The van der Waals surface area contributed by atoms with Gasteiger partial charge in [0.1, 0.15) is 14.1 Å². The van der Waals surface area contributed by atoms with Crippen molar-refractivity contribution in [2.75, 3.05) is 37.0 Å². The summed E-state index contributed by atoms with van der Waals surface area (Å²) in [6.45, 7) is 1.97. The third-order valence-electron chi connectivity index (χ3n) is 10.2. The van der Waals surface area contributed by atoms with Gasteiger partial charge in [-0.2, -0.15) is 9.15 Å². The standard InChI is InChI=1S/C43H42N4/c1-44-36(28-32-14-3-7-22-40(32)44)18-11-20-38-30-34-16-5-9-24-42(34)46(38)26-13-27-47-39(31-35-17-6-10-25-43(35)47)21-12-19-37-29-33-15-4-8-23-41(33)45(37)2/h3-12,14-25H,13,26-31H2,1-2H3/q+2. The van der Waals surface area contributed by atoms with Crippen molar-refractivity contribution in [2.24, 2.45) is 0 Å². The summed E-state index contributed by atoms with van der Waals surface area (Å²) in [5, 5.41) is 0. The Balaban J connectivity index is 0.984. The van der Waals surface area contributed by atoms with Gasteiger partial charge in [-0.1, -0.05) is 84.9 Å². The van der Waals surface area contributed by atoms with Crippen LogP contribution in [0.1, 0.15) is 28.7 Å². The molecule has 8 rings (SSSR count). The lowest BCUT2D eigenvalue weighted by molar-refractivity contribution is -0.400. The molecule has 4 aromatic carbocycles. The third-order valence-corrected chi connectivity index (χ3v) is 10.2. The maximum atomic E-state index is 2.55. The highest BCUT2D eigenvalue weighted by atomic mass is 15.2. The van der Waals surface area contributed by atoms with E-state index in [9.17, 15) is 0 Å². The molecule has 4 aliphatic rings. The molecule has 4 heterocycles. The van der Waals surface area contributed by atoms with E-state index >= 15 is 0 Å². The first-order chi connectivity index (χ1) is 23.1. The Morgan fingerprint density at radius 1 is 0.511 bits per heavy atom. The van der Waals surface area contributed by atoms with Crippen molar-refractivity contribution in [3.8, 4) is 0 Å². The van der Waals surface area contributed by atoms with Gasteiger partial charge in [0.15, 0.2) is 11.4 Å². The molecule has 47 heavy (non-hydrogen) atoms. The molecular formula is C43H42N4+2. The van der Waals surface area contributed by atoms with Gasteiger partial charge in [0, 0.05) is 84.1 Å². The molecule has 232 valence electrons. The van der Waals surface area contributed by atoms with E-state index in [0.717, 1.165) is 45.2 Å². The van der Waals surface area contributed by atoms with Crippen molar-refractivity contribution in [1.82, 2.24) is 0 Å². The predicted octanol–water partition coefficient (Wildman–Crippen LogP) is 8.32. The van der Waals surface area contributed by atoms with E-state index in [1.165, 1.54) is 67.8 Å².